The first-order valence-corrected chi connectivity index (χ1v) is 12.3. The highest BCUT2D eigenvalue weighted by atomic mass is 16.6. The zero-order valence-corrected chi connectivity index (χ0v) is 20.9. The third kappa shape index (κ3) is 2.78. The van der Waals surface area contributed by atoms with Crippen LogP contribution in [0.5, 0.6) is 0 Å². The number of rotatable bonds is 3. The van der Waals surface area contributed by atoms with E-state index in [1.54, 1.807) is 51.1 Å². The highest BCUT2D eigenvalue weighted by molar-refractivity contribution is 5.90. The van der Waals surface area contributed by atoms with Gasteiger partial charge in [-0.15, -0.1) is 0 Å². The number of aliphatic hydroxyl groups is 5. The maximum atomic E-state index is 13.6. The molecule has 0 radical (unpaired) electrons. The molecule has 9 nitrogen and oxygen atoms in total. The van der Waals surface area contributed by atoms with Gasteiger partial charge in [0.1, 0.15) is 17.8 Å². The van der Waals surface area contributed by atoms with Crippen molar-refractivity contribution in [1.29, 1.82) is 0 Å². The summed E-state index contributed by atoms with van der Waals surface area (Å²) in [5, 5.41) is 57.9. The topological polar surface area (TPSA) is 154 Å². The molecule has 1 aromatic carbocycles. The highest BCUT2D eigenvalue weighted by Crippen LogP contribution is 2.73. The van der Waals surface area contributed by atoms with Crippen LogP contribution < -0.4 is 0 Å². The zero-order valence-electron chi connectivity index (χ0n) is 20.9. The molecule has 2 saturated carbocycles. The second-order valence-corrected chi connectivity index (χ2v) is 11.7. The van der Waals surface area contributed by atoms with Gasteiger partial charge in [-0.3, -0.25) is 0 Å². The first-order chi connectivity index (χ1) is 16.7. The van der Waals surface area contributed by atoms with Crippen molar-refractivity contribution in [3.05, 3.63) is 47.0 Å². The molecular weight excluding hydrogens is 468 g/mol. The van der Waals surface area contributed by atoms with Crippen molar-refractivity contribution in [2.45, 2.75) is 82.1 Å². The normalized spacial score (nSPS) is 45.0. The largest absolute Gasteiger partial charge is 0.459 e. The van der Waals surface area contributed by atoms with Crippen molar-refractivity contribution >= 4 is 11.9 Å². The molecule has 1 aromatic rings. The van der Waals surface area contributed by atoms with Gasteiger partial charge in [-0.2, -0.15) is 0 Å². The Hall–Kier alpha value is -2.30. The number of fused-ring (bicyclic) bond motifs is 2. The van der Waals surface area contributed by atoms with E-state index in [-0.39, 0.29) is 24.8 Å². The number of hydrogen-bond donors (Lipinski definition) is 5. The van der Waals surface area contributed by atoms with E-state index >= 15 is 0 Å². The molecule has 2 bridgehead atoms. The van der Waals surface area contributed by atoms with E-state index in [1.165, 1.54) is 6.92 Å². The molecule has 0 aromatic heterocycles. The van der Waals surface area contributed by atoms with Crippen LogP contribution in [0.3, 0.4) is 0 Å². The summed E-state index contributed by atoms with van der Waals surface area (Å²) < 4.78 is 11.2. The molecule has 3 aliphatic carbocycles. The molecule has 4 aliphatic rings. The van der Waals surface area contributed by atoms with Crippen LogP contribution in [0.25, 0.3) is 0 Å². The number of ether oxygens (including phenoxy) is 2. The van der Waals surface area contributed by atoms with Crippen LogP contribution in [-0.2, 0) is 14.3 Å². The smallest absolute Gasteiger partial charge is 0.343 e. The predicted molar refractivity (Wildman–Crippen MR) is 125 cm³/mol. The molecule has 196 valence electrons. The Kier molecular flexibility index (Phi) is 5.36. The summed E-state index contributed by atoms with van der Waals surface area (Å²) >= 11 is 0. The third-order valence-corrected chi connectivity index (χ3v) is 9.81. The van der Waals surface area contributed by atoms with Crippen LogP contribution in [0.1, 0.15) is 57.3 Å². The van der Waals surface area contributed by atoms with Crippen molar-refractivity contribution in [2.75, 3.05) is 6.61 Å². The molecule has 0 spiro atoms. The number of carbonyl (C=O) groups excluding carboxylic acids is 2. The Morgan fingerprint density at radius 2 is 1.69 bits per heavy atom. The lowest BCUT2D eigenvalue weighted by molar-refractivity contribution is -0.319. The summed E-state index contributed by atoms with van der Waals surface area (Å²) in [6.07, 6.45) is -4.18. The van der Waals surface area contributed by atoms with Gasteiger partial charge in [0.25, 0.3) is 0 Å². The van der Waals surface area contributed by atoms with Gasteiger partial charge in [-0.1, -0.05) is 30.7 Å². The van der Waals surface area contributed by atoms with Crippen LogP contribution in [0.15, 0.2) is 41.5 Å². The molecule has 3 fully saturated rings. The van der Waals surface area contributed by atoms with E-state index < -0.39 is 70.4 Å². The molecule has 1 unspecified atom stereocenters. The maximum absolute atomic E-state index is 13.6. The van der Waals surface area contributed by atoms with Crippen molar-refractivity contribution in [2.24, 2.45) is 16.7 Å². The lowest BCUT2D eigenvalue weighted by Crippen LogP contribution is -2.82. The van der Waals surface area contributed by atoms with E-state index in [1.807, 2.05) is 0 Å². The minimum atomic E-state index is -2.37. The second-order valence-electron chi connectivity index (χ2n) is 11.7. The predicted octanol–water partition coefficient (Wildman–Crippen LogP) is 0.860. The molecule has 8 atom stereocenters. The summed E-state index contributed by atoms with van der Waals surface area (Å²) in [5.41, 5.74) is -7.55. The summed E-state index contributed by atoms with van der Waals surface area (Å²) in [6, 6.07) is 8.17. The van der Waals surface area contributed by atoms with Crippen molar-refractivity contribution < 1.29 is 44.6 Å². The first-order valence-electron chi connectivity index (χ1n) is 12.3. The Bertz CT molecular complexity index is 1150. The van der Waals surface area contributed by atoms with Crippen molar-refractivity contribution in [3.8, 4) is 0 Å². The van der Waals surface area contributed by atoms with Crippen LogP contribution in [-0.4, -0.2) is 79.2 Å². The fourth-order valence-corrected chi connectivity index (χ4v) is 7.80. The van der Waals surface area contributed by atoms with Gasteiger partial charge in [0.15, 0.2) is 5.60 Å². The molecule has 0 amide bonds. The highest BCUT2D eigenvalue weighted by Gasteiger charge is 2.82. The maximum Gasteiger partial charge on any atom is 0.343 e. The van der Waals surface area contributed by atoms with Gasteiger partial charge in [-0.05, 0) is 51.3 Å². The number of benzene rings is 1. The molecule has 1 saturated heterocycles. The van der Waals surface area contributed by atoms with E-state index in [0.717, 1.165) is 0 Å². The zero-order chi connectivity index (χ0) is 26.5. The minimum absolute atomic E-state index is 0.0204. The monoisotopic (exact) mass is 502 g/mol. The number of esters is 2. The third-order valence-electron chi connectivity index (χ3n) is 9.81. The van der Waals surface area contributed by atoms with Crippen LogP contribution in [0.2, 0.25) is 0 Å². The Labute approximate surface area is 209 Å². The molecule has 1 heterocycles. The summed E-state index contributed by atoms with van der Waals surface area (Å²) in [4.78, 5) is 26.2. The summed E-state index contributed by atoms with van der Waals surface area (Å²) in [7, 11) is 0. The molecule has 1 aliphatic heterocycles. The van der Waals surface area contributed by atoms with Crippen LogP contribution in [0.4, 0.5) is 0 Å². The average Bonchev–Trinajstić information content (AvgIpc) is 3.09. The molecule has 5 N–H and O–H groups in total. The molecule has 36 heavy (non-hydrogen) atoms. The van der Waals surface area contributed by atoms with Gasteiger partial charge in [0.2, 0.25) is 0 Å². The SMILES string of the molecule is CC1=C2[C@@]3(O)C(=O)OC(C)(C)[C@@]2(CC2[C@](O)(COC(=O)c4ccccc4)[C@@H](O)C[C@H](O)[C@]23C)[C@H](O)C1. The Morgan fingerprint density at radius 3 is 2.33 bits per heavy atom. The van der Waals surface area contributed by atoms with Crippen LogP contribution >= 0.6 is 0 Å². The number of carbonyl (C=O) groups is 2. The van der Waals surface area contributed by atoms with E-state index in [0.29, 0.717) is 11.1 Å². The molecule has 9 heteroatoms. The summed E-state index contributed by atoms with van der Waals surface area (Å²) in [6.45, 7) is 5.90. The van der Waals surface area contributed by atoms with Gasteiger partial charge in [-0.25, -0.2) is 9.59 Å². The van der Waals surface area contributed by atoms with Gasteiger partial charge < -0.3 is 35.0 Å². The van der Waals surface area contributed by atoms with E-state index in [2.05, 4.69) is 0 Å². The fourth-order valence-electron chi connectivity index (χ4n) is 7.80. The second kappa shape index (κ2) is 7.61. The fraction of sp³-hybridized carbons (Fsp3) is 0.630. The van der Waals surface area contributed by atoms with Crippen molar-refractivity contribution in [1.82, 2.24) is 0 Å². The number of cyclic esters (lactones) is 1. The number of aliphatic hydroxyl groups excluding tert-OH is 3. The average molecular weight is 503 g/mol. The first kappa shape index (κ1) is 25.4. The quantitative estimate of drug-likeness (QED) is 0.299. The van der Waals surface area contributed by atoms with Gasteiger partial charge in [0, 0.05) is 17.8 Å². The lowest BCUT2D eigenvalue weighted by atomic mass is 9.38. The minimum Gasteiger partial charge on any atom is -0.459 e. The van der Waals surface area contributed by atoms with Gasteiger partial charge >= 0.3 is 11.9 Å². The van der Waals surface area contributed by atoms with Gasteiger partial charge in [0.05, 0.1) is 29.3 Å². The standard InChI is InChI=1S/C27H34O9/c1-14-10-18(29)25-12-16-24(4,27(34,20(14)25)22(32)36-23(25,2)3)17(28)11-19(30)26(16,33)13-35-21(31)15-8-6-5-7-9-15/h5-9,16-19,28-30,33-34H,10-13H2,1-4H3/t16?,17-,18+,19-,24-,25-,26+,27+/m0/s1. The lowest BCUT2D eigenvalue weighted by Gasteiger charge is -2.70. The molecule has 5 rings (SSSR count). The number of hydrogen-bond acceptors (Lipinski definition) is 9. The molecular formula is C27H34O9. The Balaban J connectivity index is 1.65. The summed E-state index contributed by atoms with van der Waals surface area (Å²) in [5.74, 6) is -2.83. The van der Waals surface area contributed by atoms with Crippen molar-refractivity contribution in [3.63, 3.8) is 0 Å². The van der Waals surface area contributed by atoms with E-state index in [9.17, 15) is 35.1 Å². The van der Waals surface area contributed by atoms with E-state index in [4.69, 9.17) is 9.47 Å². The Morgan fingerprint density at radius 1 is 1.06 bits per heavy atom. The van der Waals surface area contributed by atoms with Crippen LogP contribution in [0, 0.1) is 16.7 Å².